The molecule has 0 fully saturated rings. The first-order valence-electron chi connectivity index (χ1n) is 4.92. The fourth-order valence-electron chi connectivity index (χ4n) is 1.10. The van der Waals surface area contributed by atoms with Gasteiger partial charge in [-0.25, -0.2) is 4.98 Å². The minimum absolute atomic E-state index is 0.184. The highest BCUT2D eigenvalue weighted by Gasteiger charge is 2.17. The monoisotopic (exact) mass is 252 g/mol. The largest absolute Gasteiger partial charge is 0.339 e. The zero-order valence-electron chi connectivity index (χ0n) is 9.48. The quantitative estimate of drug-likeness (QED) is 0.596. The lowest BCUT2D eigenvalue weighted by molar-refractivity contribution is -0.139. The van der Waals surface area contributed by atoms with Crippen molar-refractivity contribution in [3.8, 4) is 6.07 Å². The van der Waals surface area contributed by atoms with Gasteiger partial charge >= 0.3 is 11.8 Å². The van der Waals surface area contributed by atoms with E-state index in [-0.39, 0.29) is 12.6 Å². The molecule has 0 bridgehead atoms. The number of hydrogen-bond acceptors (Lipinski definition) is 5. The Balaban J connectivity index is 2.51. The number of amides is 2. The van der Waals surface area contributed by atoms with Crippen LogP contribution in [0.3, 0.4) is 0 Å². The molecule has 6 nitrogen and oxygen atoms in total. The van der Waals surface area contributed by atoms with Crippen LogP contribution in [0.4, 0.5) is 0 Å². The maximum atomic E-state index is 11.4. The van der Waals surface area contributed by atoms with Gasteiger partial charge in [0.15, 0.2) is 0 Å². The molecule has 17 heavy (non-hydrogen) atoms. The predicted molar refractivity (Wildman–Crippen MR) is 62.0 cm³/mol. The third kappa shape index (κ3) is 3.85. The van der Waals surface area contributed by atoms with Crippen molar-refractivity contribution in [2.24, 2.45) is 0 Å². The molecule has 0 saturated heterocycles. The average Bonchev–Trinajstić information content (AvgIpc) is 2.72. The lowest BCUT2D eigenvalue weighted by Crippen LogP contribution is -2.41. The SMILES string of the molecule is Cc1csc(C(C)NC(=O)C(=O)NCC#N)n1. The van der Waals surface area contributed by atoms with Crippen molar-refractivity contribution < 1.29 is 9.59 Å². The molecule has 0 spiro atoms. The summed E-state index contributed by atoms with van der Waals surface area (Å²) in [5, 5.41) is 15.5. The Morgan fingerprint density at radius 2 is 2.29 bits per heavy atom. The number of thiazole rings is 1. The van der Waals surface area contributed by atoms with Gasteiger partial charge < -0.3 is 10.6 Å². The summed E-state index contributed by atoms with van der Waals surface area (Å²) in [6.45, 7) is 3.42. The first-order chi connectivity index (χ1) is 8.04. The molecular weight excluding hydrogens is 240 g/mol. The van der Waals surface area contributed by atoms with Gasteiger partial charge in [0.2, 0.25) is 0 Å². The second-order valence-electron chi connectivity index (χ2n) is 3.36. The van der Waals surface area contributed by atoms with E-state index < -0.39 is 11.8 Å². The average molecular weight is 252 g/mol. The molecule has 0 aliphatic heterocycles. The third-order valence-electron chi connectivity index (χ3n) is 1.89. The van der Waals surface area contributed by atoms with Gasteiger partial charge in [0, 0.05) is 11.1 Å². The minimum Gasteiger partial charge on any atom is -0.339 e. The van der Waals surface area contributed by atoms with E-state index in [1.807, 2.05) is 12.3 Å². The highest BCUT2D eigenvalue weighted by atomic mass is 32.1. The molecule has 0 aliphatic rings. The van der Waals surface area contributed by atoms with Crippen LogP contribution in [0.5, 0.6) is 0 Å². The second kappa shape index (κ2) is 5.96. The standard InChI is InChI=1S/C10H12N4O2S/c1-6-5-17-10(13-6)7(2)14-9(16)8(15)12-4-3-11/h5,7H,4H2,1-2H3,(H,12,15)(H,14,16). The van der Waals surface area contributed by atoms with Crippen LogP contribution in [0.2, 0.25) is 0 Å². The molecule has 0 aromatic carbocycles. The second-order valence-corrected chi connectivity index (χ2v) is 4.25. The Morgan fingerprint density at radius 1 is 1.59 bits per heavy atom. The first kappa shape index (κ1) is 13.1. The lowest BCUT2D eigenvalue weighted by Gasteiger charge is -2.10. The van der Waals surface area contributed by atoms with Crippen LogP contribution >= 0.6 is 11.3 Å². The van der Waals surface area contributed by atoms with Gasteiger partial charge in [-0.1, -0.05) is 0 Å². The topological polar surface area (TPSA) is 94.9 Å². The van der Waals surface area contributed by atoms with Crippen molar-refractivity contribution in [3.05, 3.63) is 16.1 Å². The van der Waals surface area contributed by atoms with E-state index in [4.69, 9.17) is 5.26 Å². The van der Waals surface area contributed by atoms with Crippen molar-refractivity contribution in [1.29, 1.82) is 5.26 Å². The van der Waals surface area contributed by atoms with Gasteiger partial charge in [-0.2, -0.15) is 5.26 Å². The normalized spacial score (nSPS) is 11.4. The summed E-state index contributed by atoms with van der Waals surface area (Å²) in [6.07, 6.45) is 0. The molecule has 1 unspecified atom stereocenters. The third-order valence-corrected chi connectivity index (χ3v) is 3.03. The summed E-state index contributed by atoms with van der Waals surface area (Å²) < 4.78 is 0. The maximum absolute atomic E-state index is 11.4. The molecule has 2 N–H and O–H groups in total. The number of carbonyl (C=O) groups excluding carboxylic acids is 2. The number of nitrogens with zero attached hydrogens (tertiary/aromatic N) is 2. The van der Waals surface area contributed by atoms with Gasteiger partial charge in [-0.05, 0) is 13.8 Å². The summed E-state index contributed by atoms with van der Waals surface area (Å²) in [4.78, 5) is 26.8. The van der Waals surface area contributed by atoms with Gasteiger partial charge in [-0.15, -0.1) is 11.3 Å². The number of nitrogens with one attached hydrogen (secondary N) is 2. The Hall–Kier alpha value is -1.94. The van der Waals surface area contributed by atoms with Crippen LogP contribution in [0.15, 0.2) is 5.38 Å². The van der Waals surface area contributed by atoms with E-state index >= 15 is 0 Å². The highest BCUT2D eigenvalue weighted by Crippen LogP contribution is 2.16. The summed E-state index contributed by atoms with van der Waals surface area (Å²) in [6, 6.07) is 1.39. The molecule has 0 radical (unpaired) electrons. The van der Waals surface area contributed by atoms with Crippen molar-refractivity contribution in [2.45, 2.75) is 19.9 Å². The van der Waals surface area contributed by atoms with Crippen LogP contribution in [0, 0.1) is 18.3 Å². The van der Waals surface area contributed by atoms with Gasteiger partial charge in [-0.3, -0.25) is 9.59 Å². The van der Waals surface area contributed by atoms with Gasteiger partial charge in [0.05, 0.1) is 12.1 Å². The molecule has 7 heteroatoms. The van der Waals surface area contributed by atoms with Crippen molar-refractivity contribution in [1.82, 2.24) is 15.6 Å². The van der Waals surface area contributed by atoms with E-state index in [9.17, 15) is 9.59 Å². The molecule has 1 rings (SSSR count). The maximum Gasteiger partial charge on any atom is 0.310 e. The molecule has 1 heterocycles. The Kier molecular flexibility index (Phi) is 4.60. The predicted octanol–water partition coefficient (Wildman–Crippen LogP) is 0.269. The van der Waals surface area contributed by atoms with E-state index in [0.717, 1.165) is 10.7 Å². The molecule has 1 aromatic rings. The zero-order chi connectivity index (χ0) is 12.8. The summed E-state index contributed by atoms with van der Waals surface area (Å²) in [5.74, 6) is -1.58. The van der Waals surface area contributed by atoms with Crippen LogP contribution in [-0.4, -0.2) is 23.3 Å². The Bertz CT molecular complexity index is 463. The van der Waals surface area contributed by atoms with Gasteiger partial charge in [0.25, 0.3) is 0 Å². The number of aryl methyl sites for hydroxylation is 1. The molecular formula is C10H12N4O2S. The van der Waals surface area contributed by atoms with Crippen molar-refractivity contribution in [2.75, 3.05) is 6.54 Å². The van der Waals surface area contributed by atoms with Gasteiger partial charge in [0.1, 0.15) is 11.6 Å². The highest BCUT2D eigenvalue weighted by molar-refractivity contribution is 7.09. The lowest BCUT2D eigenvalue weighted by atomic mass is 10.3. The smallest absolute Gasteiger partial charge is 0.310 e. The van der Waals surface area contributed by atoms with Crippen LogP contribution in [0.1, 0.15) is 23.7 Å². The molecule has 2 amide bonds. The van der Waals surface area contributed by atoms with E-state index in [1.165, 1.54) is 11.3 Å². The summed E-state index contributed by atoms with van der Waals surface area (Å²) in [5.41, 5.74) is 0.875. The summed E-state index contributed by atoms with van der Waals surface area (Å²) in [7, 11) is 0. The number of aromatic nitrogens is 1. The number of nitriles is 1. The number of hydrogen-bond donors (Lipinski definition) is 2. The van der Waals surface area contributed by atoms with E-state index in [1.54, 1.807) is 13.0 Å². The van der Waals surface area contributed by atoms with E-state index in [0.29, 0.717) is 0 Å². The molecule has 0 saturated carbocycles. The van der Waals surface area contributed by atoms with Crippen LogP contribution in [0.25, 0.3) is 0 Å². The van der Waals surface area contributed by atoms with E-state index in [2.05, 4.69) is 15.6 Å². The zero-order valence-corrected chi connectivity index (χ0v) is 10.3. The van der Waals surface area contributed by atoms with Crippen LogP contribution in [-0.2, 0) is 9.59 Å². The summed E-state index contributed by atoms with van der Waals surface area (Å²) >= 11 is 1.42. The Morgan fingerprint density at radius 3 is 2.82 bits per heavy atom. The fourth-order valence-corrected chi connectivity index (χ4v) is 1.90. The molecule has 1 aromatic heterocycles. The first-order valence-corrected chi connectivity index (χ1v) is 5.80. The van der Waals surface area contributed by atoms with Crippen molar-refractivity contribution in [3.63, 3.8) is 0 Å². The number of carbonyl (C=O) groups is 2. The minimum atomic E-state index is -0.813. The molecule has 90 valence electrons. The molecule has 1 atom stereocenters. The van der Waals surface area contributed by atoms with Crippen molar-refractivity contribution >= 4 is 23.2 Å². The number of rotatable bonds is 3. The molecule has 0 aliphatic carbocycles. The van der Waals surface area contributed by atoms with Crippen LogP contribution < -0.4 is 10.6 Å². The fraction of sp³-hybridized carbons (Fsp3) is 0.400. The Labute approximate surface area is 103 Å².